The van der Waals surface area contributed by atoms with Gasteiger partial charge in [-0.2, -0.15) is 0 Å². The molecular formula is C15H48. The average molecular weight is 229 g/mol. The second-order valence-corrected chi connectivity index (χ2v) is 2.44. The lowest BCUT2D eigenvalue weighted by molar-refractivity contribution is 0.737. The Morgan fingerprint density at radius 1 is 0.600 bits per heavy atom. The van der Waals surface area contributed by atoms with Gasteiger partial charge in [0.05, 0.1) is 0 Å². The van der Waals surface area contributed by atoms with Crippen LogP contribution < -0.4 is 0 Å². The van der Waals surface area contributed by atoms with Gasteiger partial charge in [0.15, 0.2) is 0 Å². The quantitative estimate of drug-likeness (QED) is 0.395. The van der Waals surface area contributed by atoms with Crippen LogP contribution in [0.3, 0.4) is 0 Å². The molecule has 0 amide bonds. The fourth-order valence-corrected chi connectivity index (χ4v) is 0. The Morgan fingerprint density at radius 3 is 0.600 bits per heavy atom. The minimum Gasteiger partial charge on any atom is -0.0776 e. The molecule has 0 aliphatic rings. The molecule has 0 nitrogen and oxygen atoms in total. The van der Waals surface area contributed by atoms with Crippen molar-refractivity contribution in [3.05, 3.63) is 0 Å². The zero-order valence-electron chi connectivity index (χ0n) is 8.28. The zero-order valence-corrected chi connectivity index (χ0v) is 8.28. The molecule has 0 aromatic heterocycles. The van der Waals surface area contributed by atoms with Gasteiger partial charge in [-0.15, -0.1) is 0 Å². The molecule has 0 bridgehead atoms. The van der Waals surface area contributed by atoms with Crippen molar-refractivity contribution in [2.45, 2.75) is 99.4 Å². The summed E-state index contributed by atoms with van der Waals surface area (Å²) in [5.74, 6) is 0.833. The predicted molar refractivity (Wildman–Crippen MR) is 88.2 cm³/mol. The summed E-state index contributed by atoms with van der Waals surface area (Å²) in [5.41, 5.74) is 0. The van der Waals surface area contributed by atoms with Crippen LogP contribution in [0.25, 0.3) is 0 Å². The molecule has 0 saturated heterocycles. The summed E-state index contributed by atoms with van der Waals surface area (Å²) in [5, 5.41) is 0. The molecule has 0 atom stereocenters. The van der Waals surface area contributed by atoms with Crippen LogP contribution in [0.15, 0.2) is 0 Å². The van der Waals surface area contributed by atoms with E-state index >= 15 is 0 Å². The van der Waals surface area contributed by atoms with Gasteiger partial charge in [-0.25, -0.2) is 0 Å². The van der Waals surface area contributed by atoms with E-state index in [4.69, 9.17) is 0 Å². The Balaban J connectivity index is -0.00000000443. The lowest BCUT2D eigenvalue weighted by Gasteiger charge is -1.79. The summed E-state index contributed by atoms with van der Waals surface area (Å²) in [7, 11) is 0. The topological polar surface area (TPSA) is 0 Å². The summed E-state index contributed by atoms with van der Waals surface area (Å²) in [6.07, 6.45) is 1.25. The molecule has 0 N–H and O–H groups in total. The molecule has 0 aliphatic carbocycles. The third-order valence-corrected chi connectivity index (χ3v) is 0. The van der Waals surface area contributed by atoms with E-state index in [0.717, 1.165) is 5.92 Å². The zero-order chi connectivity index (χ0) is 8.28. The maximum atomic E-state index is 2.17. The van der Waals surface area contributed by atoms with Crippen LogP contribution in [0.4, 0.5) is 0 Å². The molecule has 0 rings (SSSR count). The Kier molecular flexibility index (Phi) is 805. The average Bonchev–Trinajstić information content (AvgIpc) is 1.71. The minimum absolute atomic E-state index is 0. The highest BCUT2D eigenvalue weighted by Crippen LogP contribution is 1.81. The van der Waals surface area contributed by atoms with Gasteiger partial charge in [0.2, 0.25) is 0 Å². The van der Waals surface area contributed by atoms with E-state index in [1.807, 2.05) is 13.8 Å². The lowest BCUT2D eigenvalue weighted by atomic mass is 10.3. The molecule has 0 heteroatoms. The van der Waals surface area contributed by atoms with Crippen LogP contribution in [-0.4, -0.2) is 0 Å². The highest BCUT2D eigenvalue weighted by atomic mass is 13.7. The van der Waals surface area contributed by atoms with Crippen molar-refractivity contribution in [2.75, 3.05) is 0 Å². The third kappa shape index (κ3) is 0. The Labute approximate surface area is 106 Å². The van der Waals surface area contributed by atoms with Crippen LogP contribution in [0.2, 0.25) is 0 Å². The lowest BCUT2D eigenvalue weighted by Crippen LogP contribution is -1.66. The van der Waals surface area contributed by atoms with Gasteiger partial charge >= 0.3 is 0 Å². The molecule has 0 spiro atoms. The Bertz CT molecular complexity index is 11.2. The van der Waals surface area contributed by atoms with E-state index in [-0.39, 0.29) is 44.6 Å². The third-order valence-electron chi connectivity index (χ3n) is 0. The standard InChI is InChI=1S/C4H10.C3H8.C2H6.6CH4/c1-4(2)3;1-3-2;1-2;;;;;;/h4H,1-3H3;3H2,1-2H3;1-2H3;6*1H4. The van der Waals surface area contributed by atoms with Gasteiger partial charge < -0.3 is 0 Å². The van der Waals surface area contributed by atoms with Crippen molar-refractivity contribution in [3.8, 4) is 0 Å². The Morgan fingerprint density at radius 2 is 0.600 bits per heavy atom. The Hall–Kier alpha value is 0. The molecule has 108 valence electrons. The predicted octanol–water partition coefficient (Wildman–Crippen LogP) is 7.92. The first kappa shape index (κ1) is 81.7. The smallest absolute Gasteiger partial charge is 0.0500 e. The van der Waals surface area contributed by atoms with E-state index in [1.54, 1.807) is 0 Å². The van der Waals surface area contributed by atoms with Gasteiger partial charge in [-0.3, -0.25) is 0 Å². The molecule has 0 aromatic carbocycles. The number of hydrogen-bond acceptors (Lipinski definition) is 0. The fraction of sp³-hybridized carbons (Fsp3) is 1.00. The van der Waals surface area contributed by atoms with E-state index in [9.17, 15) is 0 Å². The molecular weight excluding hydrogens is 180 g/mol. The van der Waals surface area contributed by atoms with Gasteiger partial charge in [-0.1, -0.05) is 99.4 Å². The summed E-state index contributed by atoms with van der Waals surface area (Å²) >= 11 is 0. The second kappa shape index (κ2) is 148. The molecule has 0 heterocycles. The highest BCUT2D eigenvalue weighted by Gasteiger charge is 1.68. The van der Waals surface area contributed by atoms with E-state index in [0.29, 0.717) is 0 Å². The van der Waals surface area contributed by atoms with Gasteiger partial charge in [0.25, 0.3) is 0 Å². The normalized spacial score (nSPS) is 4.00. The molecule has 0 fully saturated rings. The van der Waals surface area contributed by atoms with Gasteiger partial charge in [0.1, 0.15) is 0 Å². The van der Waals surface area contributed by atoms with Gasteiger partial charge in [0, 0.05) is 0 Å². The molecule has 0 saturated carbocycles. The molecule has 0 radical (unpaired) electrons. The minimum atomic E-state index is 0. The van der Waals surface area contributed by atoms with E-state index in [1.165, 1.54) is 6.42 Å². The van der Waals surface area contributed by atoms with Crippen molar-refractivity contribution >= 4 is 0 Å². The van der Waals surface area contributed by atoms with Crippen LogP contribution in [0, 0.1) is 5.92 Å². The van der Waals surface area contributed by atoms with Crippen LogP contribution in [-0.2, 0) is 0 Å². The first-order chi connectivity index (χ1) is 4.15. The fourth-order valence-electron chi connectivity index (χ4n) is 0. The summed E-state index contributed by atoms with van der Waals surface area (Å²) in [6, 6.07) is 0. The first-order valence-corrected chi connectivity index (χ1v) is 4.15. The largest absolute Gasteiger partial charge is 0.0776 e. The van der Waals surface area contributed by atoms with Crippen molar-refractivity contribution < 1.29 is 0 Å². The summed E-state index contributed by atoms with van der Waals surface area (Å²) in [6.45, 7) is 14.7. The highest BCUT2D eigenvalue weighted by molar-refractivity contribution is 4.20. The second-order valence-electron chi connectivity index (χ2n) is 2.44. The maximum absolute atomic E-state index is 2.17. The monoisotopic (exact) mass is 228 g/mol. The summed E-state index contributed by atoms with van der Waals surface area (Å²) < 4.78 is 0. The maximum Gasteiger partial charge on any atom is -0.0500 e. The molecule has 0 unspecified atom stereocenters. The number of rotatable bonds is 0. The molecule has 15 heavy (non-hydrogen) atoms. The van der Waals surface area contributed by atoms with Crippen molar-refractivity contribution in [2.24, 2.45) is 5.92 Å². The van der Waals surface area contributed by atoms with Crippen LogP contribution in [0.5, 0.6) is 0 Å². The van der Waals surface area contributed by atoms with Crippen molar-refractivity contribution in [1.29, 1.82) is 0 Å². The van der Waals surface area contributed by atoms with Crippen LogP contribution in [0.1, 0.15) is 99.4 Å². The first-order valence-electron chi connectivity index (χ1n) is 4.15. The summed E-state index contributed by atoms with van der Waals surface area (Å²) in [4.78, 5) is 0. The van der Waals surface area contributed by atoms with E-state index < -0.39 is 0 Å². The SMILES string of the molecule is C.C.C.C.C.C.CC.CC(C)C.CCC. The van der Waals surface area contributed by atoms with E-state index in [2.05, 4.69) is 34.6 Å². The van der Waals surface area contributed by atoms with Gasteiger partial charge in [-0.05, 0) is 5.92 Å². The van der Waals surface area contributed by atoms with Crippen molar-refractivity contribution in [3.63, 3.8) is 0 Å². The molecule has 0 aliphatic heterocycles. The van der Waals surface area contributed by atoms with Crippen LogP contribution >= 0.6 is 0 Å². The molecule has 0 aromatic rings. The number of hydrogen-bond donors (Lipinski definition) is 0. The van der Waals surface area contributed by atoms with Crippen molar-refractivity contribution in [1.82, 2.24) is 0 Å².